The van der Waals surface area contributed by atoms with Crippen LogP contribution in [0.4, 0.5) is 0 Å². The highest BCUT2D eigenvalue weighted by Gasteiger charge is 2.17. The van der Waals surface area contributed by atoms with Crippen LogP contribution in [0.5, 0.6) is 0 Å². The van der Waals surface area contributed by atoms with E-state index < -0.39 is 0 Å². The number of hydrogen-bond acceptors (Lipinski definition) is 3. The summed E-state index contributed by atoms with van der Waals surface area (Å²) in [4.78, 5) is 0. The maximum absolute atomic E-state index is 4.16. The van der Waals surface area contributed by atoms with Crippen molar-refractivity contribution in [2.45, 2.75) is 16.0 Å². The first-order valence-corrected chi connectivity index (χ1v) is 3.87. The molecule has 4 heteroatoms. The molecule has 0 aromatic carbocycles. The Labute approximate surface area is 63.3 Å². The maximum Gasteiger partial charge on any atom is 0.0617 e. The standard InChI is InChI=1S/C3H9PS3/c1-3(4,7)2(5)6/h2,5-7H,4H2,1H3. The van der Waals surface area contributed by atoms with E-state index in [2.05, 4.69) is 47.1 Å². The van der Waals surface area contributed by atoms with E-state index in [-0.39, 0.29) is 9.07 Å². The zero-order chi connectivity index (χ0) is 6.08. The molecule has 0 nitrogen and oxygen atoms in total. The van der Waals surface area contributed by atoms with Gasteiger partial charge in [-0.05, 0) is 6.92 Å². The molecule has 0 N–H and O–H groups in total. The molecule has 0 fully saturated rings. The van der Waals surface area contributed by atoms with Gasteiger partial charge in [-0.3, -0.25) is 0 Å². The highest BCUT2D eigenvalue weighted by atomic mass is 32.2. The zero-order valence-corrected chi connectivity index (χ0v) is 7.83. The van der Waals surface area contributed by atoms with Crippen LogP contribution in [0.25, 0.3) is 0 Å². The van der Waals surface area contributed by atoms with Gasteiger partial charge in [-0.1, -0.05) is 0 Å². The van der Waals surface area contributed by atoms with E-state index >= 15 is 0 Å². The lowest BCUT2D eigenvalue weighted by Gasteiger charge is -2.19. The third-order valence-electron chi connectivity index (χ3n) is 0.523. The van der Waals surface area contributed by atoms with E-state index in [9.17, 15) is 0 Å². The van der Waals surface area contributed by atoms with Gasteiger partial charge in [0, 0.05) is 4.49 Å². The molecule has 0 aromatic heterocycles. The molecule has 0 spiro atoms. The molecule has 0 saturated heterocycles. The molecule has 0 rings (SSSR count). The molecular formula is C3H9PS3. The van der Waals surface area contributed by atoms with Crippen LogP contribution < -0.4 is 0 Å². The molecule has 0 aliphatic rings. The van der Waals surface area contributed by atoms with Crippen LogP contribution in [0.1, 0.15) is 6.92 Å². The lowest BCUT2D eigenvalue weighted by Crippen LogP contribution is -2.15. The van der Waals surface area contributed by atoms with Crippen LogP contribution in [0.3, 0.4) is 0 Å². The molecule has 0 bridgehead atoms. The highest BCUT2D eigenvalue weighted by molar-refractivity contribution is 8.02. The van der Waals surface area contributed by atoms with Crippen LogP contribution >= 0.6 is 47.1 Å². The summed E-state index contributed by atoms with van der Waals surface area (Å²) in [5.74, 6) is 0. The Morgan fingerprint density at radius 1 is 1.57 bits per heavy atom. The Balaban J connectivity index is 3.54. The molecule has 0 amide bonds. The SMILES string of the molecule is CC(P)(S)C(S)S. The maximum atomic E-state index is 4.16. The van der Waals surface area contributed by atoms with Gasteiger partial charge < -0.3 is 0 Å². The van der Waals surface area contributed by atoms with Crippen molar-refractivity contribution < 1.29 is 0 Å². The summed E-state index contributed by atoms with van der Waals surface area (Å²) in [5.41, 5.74) is 0. The third kappa shape index (κ3) is 4.01. The molecule has 0 aliphatic carbocycles. The number of thiol groups is 3. The van der Waals surface area contributed by atoms with Gasteiger partial charge in [0.1, 0.15) is 0 Å². The van der Waals surface area contributed by atoms with E-state index in [1.807, 2.05) is 6.92 Å². The van der Waals surface area contributed by atoms with E-state index in [1.54, 1.807) is 0 Å². The van der Waals surface area contributed by atoms with Crippen LogP contribution in [0.15, 0.2) is 0 Å². The Bertz CT molecular complexity index is 55.7. The fourth-order valence-electron chi connectivity index (χ4n) is 0. The second-order valence-corrected chi connectivity index (χ2v) is 5.69. The molecule has 7 heavy (non-hydrogen) atoms. The van der Waals surface area contributed by atoms with E-state index in [0.717, 1.165) is 0 Å². The predicted molar refractivity (Wildman–Crippen MR) is 48.9 cm³/mol. The summed E-state index contributed by atoms with van der Waals surface area (Å²) >= 11 is 12.3. The van der Waals surface area contributed by atoms with Crippen LogP contribution in [-0.2, 0) is 0 Å². The summed E-state index contributed by atoms with van der Waals surface area (Å²) in [6.07, 6.45) is 0. The Hall–Kier alpha value is 1.48. The zero-order valence-electron chi connectivity index (χ0n) is 4.00. The second-order valence-electron chi connectivity index (χ2n) is 1.60. The summed E-state index contributed by atoms with van der Waals surface area (Å²) in [6.45, 7) is 1.94. The molecule has 0 heterocycles. The van der Waals surface area contributed by atoms with Gasteiger partial charge in [0.2, 0.25) is 0 Å². The minimum Gasteiger partial charge on any atom is -0.167 e. The molecule has 0 aromatic rings. The Morgan fingerprint density at radius 3 is 1.71 bits per heavy atom. The minimum atomic E-state index is -0.160. The summed E-state index contributed by atoms with van der Waals surface area (Å²) in [7, 11) is 2.54. The van der Waals surface area contributed by atoms with Gasteiger partial charge in [0.05, 0.1) is 4.58 Å². The second kappa shape index (κ2) is 2.86. The smallest absolute Gasteiger partial charge is 0.0617 e. The summed E-state index contributed by atoms with van der Waals surface area (Å²) in [6, 6.07) is 0. The topological polar surface area (TPSA) is 0 Å². The molecule has 44 valence electrons. The average molecular weight is 172 g/mol. The van der Waals surface area contributed by atoms with Gasteiger partial charge in [-0.2, -0.15) is 37.9 Å². The number of hydrogen-bond donors (Lipinski definition) is 3. The fourth-order valence-corrected chi connectivity index (χ4v) is 0. The van der Waals surface area contributed by atoms with E-state index in [1.165, 1.54) is 0 Å². The fraction of sp³-hybridized carbons (Fsp3) is 1.00. The quantitative estimate of drug-likeness (QED) is 0.299. The first kappa shape index (κ1) is 8.48. The van der Waals surface area contributed by atoms with Crippen LogP contribution in [0, 0.1) is 0 Å². The lowest BCUT2D eigenvalue weighted by atomic mass is 10.5. The predicted octanol–water partition coefficient (Wildman–Crippen LogP) is 1.69. The molecule has 2 unspecified atom stereocenters. The molecule has 2 atom stereocenters. The van der Waals surface area contributed by atoms with Gasteiger partial charge in [-0.25, -0.2) is 0 Å². The van der Waals surface area contributed by atoms with Crippen LogP contribution in [0.2, 0.25) is 0 Å². The summed E-state index contributed by atoms with van der Waals surface area (Å²) in [5, 5.41) is 0. The monoisotopic (exact) mass is 172 g/mol. The Kier molecular flexibility index (Phi) is 3.46. The first-order valence-electron chi connectivity index (χ1n) is 1.82. The molecule has 0 aliphatic heterocycles. The molecule has 0 radical (unpaired) electrons. The number of rotatable bonds is 1. The van der Waals surface area contributed by atoms with Crippen molar-refractivity contribution in [1.82, 2.24) is 0 Å². The van der Waals surface area contributed by atoms with Crippen LogP contribution in [-0.4, -0.2) is 9.07 Å². The van der Waals surface area contributed by atoms with Crippen molar-refractivity contribution in [3.63, 3.8) is 0 Å². The third-order valence-corrected chi connectivity index (χ3v) is 3.16. The summed E-state index contributed by atoms with van der Waals surface area (Å²) < 4.78 is -0.146. The van der Waals surface area contributed by atoms with Gasteiger partial charge in [0.15, 0.2) is 0 Å². The first-order chi connectivity index (χ1) is 2.94. The Morgan fingerprint density at radius 2 is 1.71 bits per heavy atom. The minimum absolute atomic E-state index is 0.0147. The van der Waals surface area contributed by atoms with Crippen molar-refractivity contribution in [1.29, 1.82) is 0 Å². The van der Waals surface area contributed by atoms with Crippen molar-refractivity contribution in [2.24, 2.45) is 0 Å². The van der Waals surface area contributed by atoms with Crippen molar-refractivity contribution in [3.8, 4) is 0 Å². The largest absolute Gasteiger partial charge is 0.167 e. The van der Waals surface area contributed by atoms with Gasteiger partial charge in [-0.15, -0.1) is 9.24 Å². The molecule has 0 saturated carbocycles. The highest BCUT2D eigenvalue weighted by Crippen LogP contribution is 2.31. The van der Waals surface area contributed by atoms with Crippen molar-refractivity contribution in [3.05, 3.63) is 0 Å². The van der Waals surface area contributed by atoms with E-state index in [4.69, 9.17) is 0 Å². The average Bonchev–Trinajstić information content (AvgIpc) is 1.31. The van der Waals surface area contributed by atoms with E-state index in [0.29, 0.717) is 0 Å². The van der Waals surface area contributed by atoms with Crippen molar-refractivity contribution >= 4 is 47.1 Å². The normalized spacial score (nSPS) is 19.7. The van der Waals surface area contributed by atoms with Crippen molar-refractivity contribution in [2.75, 3.05) is 0 Å². The van der Waals surface area contributed by atoms with Gasteiger partial charge >= 0.3 is 0 Å². The van der Waals surface area contributed by atoms with Gasteiger partial charge in [0.25, 0.3) is 0 Å². The lowest BCUT2D eigenvalue weighted by molar-refractivity contribution is 1.02. The molecular weight excluding hydrogens is 163 g/mol.